The smallest absolute Gasteiger partial charge is 0.249 e. The molecule has 0 saturated carbocycles. The minimum absolute atomic E-state index is 0.146. The van der Waals surface area contributed by atoms with Crippen LogP contribution in [0.15, 0.2) is 18.2 Å². The molecule has 1 heterocycles. The lowest BCUT2D eigenvalue weighted by molar-refractivity contribution is -0.105. The summed E-state index contributed by atoms with van der Waals surface area (Å²) in [6, 6.07) is 5.21. The van der Waals surface area contributed by atoms with Crippen LogP contribution in [0.25, 0.3) is 12.2 Å². The first-order valence-electron chi connectivity index (χ1n) is 5.65. The van der Waals surface area contributed by atoms with Gasteiger partial charge in [0.1, 0.15) is 0 Å². The third-order valence-electron chi connectivity index (χ3n) is 2.46. The molecule has 0 aliphatic rings. The summed E-state index contributed by atoms with van der Waals surface area (Å²) in [6.45, 7) is 1.77. The van der Waals surface area contributed by atoms with Gasteiger partial charge in [-0.25, -0.2) is 4.98 Å². The van der Waals surface area contributed by atoms with Gasteiger partial charge in [0, 0.05) is 10.0 Å². The number of nitrogens with one attached hydrogen (secondary N) is 1. The van der Waals surface area contributed by atoms with Crippen molar-refractivity contribution < 1.29 is 4.79 Å². The van der Waals surface area contributed by atoms with Crippen LogP contribution in [0.3, 0.4) is 0 Å². The van der Waals surface area contributed by atoms with E-state index < -0.39 is 0 Å². The van der Waals surface area contributed by atoms with Crippen LogP contribution in [-0.4, -0.2) is 21.6 Å². The molecule has 0 aliphatic heterocycles. The van der Waals surface area contributed by atoms with Crippen molar-refractivity contribution >= 4 is 47.7 Å². The molecule has 0 aliphatic carbocycles. The second-order valence-corrected chi connectivity index (χ2v) is 4.71. The molecule has 2 rings (SSSR count). The number of amides is 1. The zero-order chi connectivity index (χ0) is 14.5. The number of carbonyl (C=O) groups is 1. The number of halogens is 2. The number of aromatic nitrogens is 3. The predicted molar refractivity (Wildman–Crippen MR) is 79.6 cm³/mol. The summed E-state index contributed by atoms with van der Waals surface area (Å²) < 4.78 is 0. The van der Waals surface area contributed by atoms with E-state index in [9.17, 15) is 4.79 Å². The van der Waals surface area contributed by atoms with Gasteiger partial charge < -0.3 is 0 Å². The molecule has 5 nitrogen and oxygen atoms in total. The number of hydrogen-bond donors (Lipinski definition) is 1. The molecule has 0 bridgehead atoms. The second kappa shape index (κ2) is 6.45. The summed E-state index contributed by atoms with van der Waals surface area (Å²) in [4.78, 5) is 14.5. The average molecular weight is 309 g/mol. The lowest BCUT2D eigenvalue weighted by atomic mass is 10.2. The highest BCUT2D eigenvalue weighted by atomic mass is 35.5. The van der Waals surface area contributed by atoms with Crippen LogP contribution >= 0.6 is 23.2 Å². The molecule has 1 amide bonds. The Morgan fingerprint density at radius 3 is 2.70 bits per heavy atom. The van der Waals surface area contributed by atoms with Crippen molar-refractivity contribution in [2.45, 2.75) is 6.92 Å². The maximum Gasteiger partial charge on any atom is 0.249 e. The van der Waals surface area contributed by atoms with Crippen molar-refractivity contribution in [3.8, 4) is 0 Å². The number of benzene rings is 1. The molecule has 0 saturated heterocycles. The molecule has 20 heavy (non-hydrogen) atoms. The molecule has 7 heteroatoms. The summed E-state index contributed by atoms with van der Waals surface area (Å²) in [5, 5.41) is 11.1. The molecule has 1 N–H and O–H groups in total. The molecule has 0 spiro atoms. The van der Waals surface area contributed by atoms with E-state index in [1.807, 2.05) is 0 Å². The number of hydrogen-bond acceptors (Lipinski definition) is 4. The quantitative estimate of drug-likeness (QED) is 0.881. The minimum Gasteiger partial charge on any atom is -0.296 e. The normalized spacial score (nSPS) is 10.8. The molecular weight excluding hydrogens is 299 g/mol. The van der Waals surface area contributed by atoms with Gasteiger partial charge >= 0.3 is 0 Å². The Bertz CT molecular complexity index is 673. The highest BCUT2D eigenvalue weighted by Gasteiger charge is 2.03. The first-order chi connectivity index (χ1) is 9.60. The first kappa shape index (κ1) is 14.4. The van der Waals surface area contributed by atoms with E-state index in [0.29, 0.717) is 27.8 Å². The van der Waals surface area contributed by atoms with Gasteiger partial charge in [0.05, 0.1) is 11.4 Å². The van der Waals surface area contributed by atoms with Crippen LogP contribution in [0.2, 0.25) is 10.0 Å². The summed E-state index contributed by atoms with van der Waals surface area (Å²) in [6.07, 6.45) is 4.03. The van der Waals surface area contributed by atoms with Crippen molar-refractivity contribution in [2.75, 3.05) is 5.32 Å². The lowest BCUT2D eigenvalue weighted by Crippen LogP contribution is -2.04. The Balaban J connectivity index is 2.30. The van der Waals surface area contributed by atoms with E-state index in [-0.39, 0.29) is 5.95 Å². The standard InChI is InChI=1S/C13H10Cl2N4O/c1-8-12(17-13(16-7-20)19-18-8)5-3-9-2-4-10(14)6-11(9)15/h2-7H,1H3,(H,16,17,19,20)/b5-3+. The fourth-order valence-corrected chi connectivity index (χ4v) is 1.94. The zero-order valence-corrected chi connectivity index (χ0v) is 12.0. The maximum absolute atomic E-state index is 10.4. The highest BCUT2D eigenvalue weighted by molar-refractivity contribution is 6.35. The third-order valence-corrected chi connectivity index (χ3v) is 3.03. The number of rotatable bonds is 4. The average Bonchev–Trinajstić information content (AvgIpc) is 2.41. The van der Waals surface area contributed by atoms with Crippen LogP contribution < -0.4 is 5.32 Å². The minimum atomic E-state index is 0.146. The van der Waals surface area contributed by atoms with Crippen LogP contribution in [0.4, 0.5) is 5.95 Å². The number of nitrogens with zero attached hydrogens (tertiary/aromatic N) is 3. The van der Waals surface area contributed by atoms with E-state index in [1.165, 1.54) is 0 Å². The Hall–Kier alpha value is -1.98. The van der Waals surface area contributed by atoms with E-state index in [2.05, 4.69) is 20.5 Å². The van der Waals surface area contributed by atoms with E-state index in [1.54, 1.807) is 37.3 Å². The van der Waals surface area contributed by atoms with Gasteiger partial charge in [0.2, 0.25) is 12.4 Å². The number of aryl methyl sites for hydroxylation is 1. The Morgan fingerprint density at radius 2 is 2.00 bits per heavy atom. The molecule has 0 fully saturated rings. The number of carbonyl (C=O) groups excluding carboxylic acids is 1. The Labute approximate surface area is 125 Å². The Morgan fingerprint density at radius 1 is 1.20 bits per heavy atom. The Kier molecular flexibility index (Phi) is 4.65. The van der Waals surface area contributed by atoms with Crippen molar-refractivity contribution in [1.29, 1.82) is 0 Å². The maximum atomic E-state index is 10.4. The number of anilines is 1. The highest BCUT2D eigenvalue weighted by Crippen LogP contribution is 2.22. The van der Waals surface area contributed by atoms with Gasteiger partial charge in [-0.05, 0) is 30.7 Å². The van der Waals surface area contributed by atoms with E-state index in [0.717, 1.165) is 5.56 Å². The fraction of sp³-hybridized carbons (Fsp3) is 0.0769. The molecule has 102 valence electrons. The van der Waals surface area contributed by atoms with Crippen LogP contribution in [-0.2, 0) is 4.79 Å². The SMILES string of the molecule is Cc1nnc(NC=O)nc1/C=C/c1ccc(Cl)cc1Cl. The molecule has 0 unspecified atom stereocenters. The van der Waals surface area contributed by atoms with Crippen molar-refractivity contribution in [3.05, 3.63) is 45.2 Å². The summed E-state index contributed by atoms with van der Waals surface area (Å²) >= 11 is 11.9. The van der Waals surface area contributed by atoms with Crippen molar-refractivity contribution in [2.24, 2.45) is 0 Å². The molecule has 1 aromatic heterocycles. The van der Waals surface area contributed by atoms with Gasteiger partial charge in [-0.2, -0.15) is 0 Å². The largest absolute Gasteiger partial charge is 0.296 e. The van der Waals surface area contributed by atoms with Gasteiger partial charge in [-0.15, -0.1) is 10.2 Å². The topological polar surface area (TPSA) is 67.8 Å². The fourth-order valence-electron chi connectivity index (χ4n) is 1.47. The van der Waals surface area contributed by atoms with Crippen molar-refractivity contribution in [3.63, 3.8) is 0 Å². The summed E-state index contributed by atoms with van der Waals surface area (Å²) in [5.41, 5.74) is 2.04. The molecule has 1 aromatic carbocycles. The molecule has 0 atom stereocenters. The van der Waals surface area contributed by atoms with E-state index >= 15 is 0 Å². The van der Waals surface area contributed by atoms with Gasteiger partial charge in [-0.3, -0.25) is 10.1 Å². The summed E-state index contributed by atoms with van der Waals surface area (Å²) in [5.74, 6) is 0.146. The monoisotopic (exact) mass is 308 g/mol. The van der Waals surface area contributed by atoms with Crippen LogP contribution in [0.1, 0.15) is 17.0 Å². The zero-order valence-electron chi connectivity index (χ0n) is 10.5. The molecule has 0 radical (unpaired) electrons. The molecule has 2 aromatic rings. The van der Waals surface area contributed by atoms with Gasteiger partial charge in [0.15, 0.2) is 0 Å². The summed E-state index contributed by atoms with van der Waals surface area (Å²) in [7, 11) is 0. The van der Waals surface area contributed by atoms with Gasteiger partial charge in [0.25, 0.3) is 0 Å². The first-order valence-corrected chi connectivity index (χ1v) is 6.40. The lowest BCUT2D eigenvalue weighted by Gasteiger charge is -2.02. The molecular formula is C13H10Cl2N4O. The predicted octanol–water partition coefficient (Wildman–Crippen LogP) is 3.23. The van der Waals surface area contributed by atoms with Crippen molar-refractivity contribution in [1.82, 2.24) is 15.2 Å². The van der Waals surface area contributed by atoms with E-state index in [4.69, 9.17) is 23.2 Å². The third kappa shape index (κ3) is 3.53. The second-order valence-electron chi connectivity index (χ2n) is 3.87. The van der Waals surface area contributed by atoms with Crippen LogP contribution in [0, 0.1) is 6.92 Å². The van der Waals surface area contributed by atoms with Gasteiger partial charge in [-0.1, -0.05) is 35.3 Å². The van der Waals surface area contributed by atoms with Crippen LogP contribution in [0.5, 0.6) is 0 Å².